The SMILES string of the molecule is CCC[N+]1(C)CC(C)C(C)C1. The molecule has 0 bridgehead atoms. The molecule has 2 unspecified atom stereocenters. The number of quaternary nitrogens is 1. The molecule has 0 aromatic carbocycles. The highest BCUT2D eigenvalue weighted by Gasteiger charge is 2.36. The first kappa shape index (κ1) is 9.05. The van der Waals surface area contributed by atoms with Crippen LogP contribution in [0, 0.1) is 11.8 Å². The second kappa shape index (κ2) is 3.14. The standard InChI is InChI=1S/C10H22N/c1-5-6-11(4)7-9(2)10(3)8-11/h9-10H,5-8H2,1-4H3/q+1. The van der Waals surface area contributed by atoms with Crippen molar-refractivity contribution >= 4 is 0 Å². The Hall–Kier alpha value is -0.0400. The Morgan fingerprint density at radius 3 is 2.00 bits per heavy atom. The number of likely N-dealkylation sites (tertiary alicyclic amines) is 1. The predicted octanol–water partition coefficient (Wildman–Crippen LogP) is 2.13. The normalized spacial score (nSPS) is 44.7. The Kier molecular flexibility index (Phi) is 2.58. The molecule has 0 radical (unpaired) electrons. The van der Waals surface area contributed by atoms with Gasteiger partial charge in [0.25, 0.3) is 0 Å². The summed E-state index contributed by atoms with van der Waals surface area (Å²) in [5.74, 6) is 1.87. The van der Waals surface area contributed by atoms with Gasteiger partial charge >= 0.3 is 0 Å². The lowest BCUT2D eigenvalue weighted by atomic mass is 10.0. The van der Waals surface area contributed by atoms with Gasteiger partial charge < -0.3 is 4.48 Å². The summed E-state index contributed by atoms with van der Waals surface area (Å²) in [6.07, 6.45) is 1.33. The molecule has 1 rings (SSSR count). The van der Waals surface area contributed by atoms with E-state index in [-0.39, 0.29) is 0 Å². The van der Waals surface area contributed by atoms with Crippen LogP contribution in [0.4, 0.5) is 0 Å². The molecule has 1 aliphatic heterocycles. The Labute approximate surface area is 71.0 Å². The van der Waals surface area contributed by atoms with E-state index in [1.54, 1.807) is 0 Å². The van der Waals surface area contributed by atoms with Crippen molar-refractivity contribution in [2.75, 3.05) is 26.7 Å². The molecular weight excluding hydrogens is 134 g/mol. The molecule has 66 valence electrons. The molecule has 0 spiro atoms. The Balaban J connectivity index is 2.49. The summed E-state index contributed by atoms with van der Waals surface area (Å²) in [6.45, 7) is 11.2. The fraction of sp³-hybridized carbons (Fsp3) is 1.00. The van der Waals surface area contributed by atoms with Gasteiger partial charge in [-0.15, -0.1) is 0 Å². The van der Waals surface area contributed by atoms with Crippen molar-refractivity contribution in [3.8, 4) is 0 Å². The summed E-state index contributed by atoms with van der Waals surface area (Å²) < 4.78 is 1.32. The van der Waals surface area contributed by atoms with E-state index in [1.165, 1.54) is 30.5 Å². The minimum absolute atomic E-state index is 0.937. The van der Waals surface area contributed by atoms with Gasteiger partial charge in [-0.25, -0.2) is 0 Å². The van der Waals surface area contributed by atoms with E-state index >= 15 is 0 Å². The lowest BCUT2D eigenvalue weighted by Crippen LogP contribution is -2.42. The fourth-order valence-corrected chi connectivity index (χ4v) is 2.55. The summed E-state index contributed by atoms with van der Waals surface area (Å²) in [6, 6.07) is 0. The number of hydrogen-bond acceptors (Lipinski definition) is 0. The highest BCUT2D eigenvalue weighted by Crippen LogP contribution is 2.27. The van der Waals surface area contributed by atoms with Crippen molar-refractivity contribution in [3.63, 3.8) is 0 Å². The summed E-state index contributed by atoms with van der Waals surface area (Å²) in [5.41, 5.74) is 0. The maximum Gasteiger partial charge on any atom is 0.0815 e. The van der Waals surface area contributed by atoms with E-state index in [2.05, 4.69) is 27.8 Å². The predicted molar refractivity (Wildman–Crippen MR) is 49.4 cm³/mol. The van der Waals surface area contributed by atoms with Gasteiger partial charge in [-0.05, 0) is 6.42 Å². The van der Waals surface area contributed by atoms with Crippen LogP contribution in [-0.2, 0) is 0 Å². The third-order valence-corrected chi connectivity index (χ3v) is 3.19. The van der Waals surface area contributed by atoms with E-state index in [9.17, 15) is 0 Å². The second-order valence-corrected chi connectivity index (χ2v) is 4.66. The maximum atomic E-state index is 2.41. The first-order chi connectivity index (χ1) is 5.07. The molecule has 1 saturated heterocycles. The quantitative estimate of drug-likeness (QED) is 0.537. The van der Waals surface area contributed by atoms with Crippen LogP contribution in [-0.4, -0.2) is 31.2 Å². The van der Waals surface area contributed by atoms with E-state index in [1.807, 2.05) is 0 Å². The van der Waals surface area contributed by atoms with Crippen LogP contribution in [0.15, 0.2) is 0 Å². The Morgan fingerprint density at radius 2 is 1.64 bits per heavy atom. The first-order valence-electron chi connectivity index (χ1n) is 4.91. The van der Waals surface area contributed by atoms with Crippen LogP contribution >= 0.6 is 0 Å². The maximum absolute atomic E-state index is 2.41. The summed E-state index contributed by atoms with van der Waals surface area (Å²) in [4.78, 5) is 0. The third kappa shape index (κ3) is 1.96. The Bertz CT molecular complexity index is 121. The molecule has 1 fully saturated rings. The van der Waals surface area contributed by atoms with E-state index in [0.717, 1.165) is 11.8 Å². The average Bonchev–Trinajstić information content (AvgIpc) is 2.08. The van der Waals surface area contributed by atoms with Crippen molar-refractivity contribution in [1.29, 1.82) is 0 Å². The first-order valence-corrected chi connectivity index (χ1v) is 4.91. The van der Waals surface area contributed by atoms with Gasteiger partial charge in [0.1, 0.15) is 0 Å². The smallest absolute Gasteiger partial charge is 0.0815 e. The van der Waals surface area contributed by atoms with Gasteiger partial charge in [0.05, 0.1) is 26.7 Å². The monoisotopic (exact) mass is 156 g/mol. The largest absolute Gasteiger partial charge is 0.326 e. The highest BCUT2D eigenvalue weighted by molar-refractivity contribution is 4.68. The third-order valence-electron chi connectivity index (χ3n) is 3.19. The van der Waals surface area contributed by atoms with Crippen molar-refractivity contribution in [2.45, 2.75) is 27.2 Å². The van der Waals surface area contributed by atoms with Gasteiger partial charge in [-0.1, -0.05) is 20.8 Å². The molecule has 1 aliphatic rings. The minimum atomic E-state index is 0.937. The van der Waals surface area contributed by atoms with Crippen LogP contribution in [0.3, 0.4) is 0 Å². The van der Waals surface area contributed by atoms with Crippen molar-refractivity contribution in [1.82, 2.24) is 0 Å². The summed E-state index contributed by atoms with van der Waals surface area (Å²) in [7, 11) is 2.41. The molecule has 0 aliphatic carbocycles. The summed E-state index contributed by atoms with van der Waals surface area (Å²) >= 11 is 0. The van der Waals surface area contributed by atoms with Crippen LogP contribution in [0.1, 0.15) is 27.2 Å². The molecular formula is C10H22N+. The van der Waals surface area contributed by atoms with Crippen molar-refractivity contribution < 1.29 is 4.48 Å². The second-order valence-electron chi connectivity index (χ2n) is 4.66. The fourth-order valence-electron chi connectivity index (χ4n) is 2.55. The van der Waals surface area contributed by atoms with Gasteiger partial charge in [-0.3, -0.25) is 0 Å². The van der Waals surface area contributed by atoms with Crippen LogP contribution < -0.4 is 0 Å². The number of nitrogens with zero attached hydrogens (tertiary/aromatic N) is 1. The molecule has 1 heteroatoms. The summed E-state index contributed by atoms with van der Waals surface area (Å²) in [5, 5.41) is 0. The molecule has 0 N–H and O–H groups in total. The highest BCUT2D eigenvalue weighted by atomic mass is 15.3. The van der Waals surface area contributed by atoms with Crippen molar-refractivity contribution in [3.05, 3.63) is 0 Å². The average molecular weight is 156 g/mol. The lowest BCUT2D eigenvalue weighted by Gasteiger charge is -2.29. The number of rotatable bonds is 2. The molecule has 1 nitrogen and oxygen atoms in total. The molecule has 0 saturated carbocycles. The zero-order valence-corrected chi connectivity index (χ0v) is 8.43. The van der Waals surface area contributed by atoms with Gasteiger partial charge in [-0.2, -0.15) is 0 Å². The zero-order chi connectivity index (χ0) is 8.48. The van der Waals surface area contributed by atoms with Gasteiger partial charge in [0.15, 0.2) is 0 Å². The Morgan fingerprint density at radius 1 is 1.18 bits per heavy atom. The topological polar surface area (TPSA) is 0 Å². The minimum Gasteiger partial charge on any atom is -0.326 e. The molecule has 0 aromatic heterocycles. The molecule has 11 heavy (non-hydrogen) atoms. The molecule has 2 atom stereocenters. The van der Waals surface area contributed by atoms with E-state index < -0.39 is 0 Å². The van der Waals surface area contributed by atoms with Crippen molar-refractivity contribution in [2.24, 2.45) is 11.8 Å². The van der Waals surface area contributed by atoms with Crippen LogP contribution in [0.2, 0.25) is 0 Å². The molecule has 0 amide bonds. The zero-order valence-electron chi connectivity index (χ0n) is 8.43. The van der Waals surface area contributed by atoms with Gasteiger partial charge in [0.2, 0.25) is 0 Å². The molecule has 1 heterocycles. The lowest BCUT2D eigenvalue weighted by molar-refractivity contribution is -0.900. The van der Waals surface area contributed by atoms with E-state index in [4.69, 9.17) is 0 Å². The van der Waals surface area contributed by atoms with Crippen LogP contribution in [0.5, 0.6) is 0 Å². The number of hydrogen-bond donors (Lipinski definition) is 0. The van der Waals surface area contributed by atoms with Gasteiger partial charge in [0, 0.05) is 11.8 Å². The van der Waals surface area contributed by atoms with Crippen LogP contribution in [0.25, 0.3) is 0 Å². The molecule has 0 aromatic rings. The van der Waals surface area contributed by atoms with E-state index in [0.29, 0.717) is 0 Å².